The first-order valence-corrected chi connectivity index (χ1v) is 6.17. The Balaban J connectivity index is 2.05. The second-order valence-corrected chi connectivity index (χ2v) is 4.58. The first-order valence-electron chi connectivity index (χ1n) is 5.79. The number of aromatic hydroxyl groups is 1. The summed E-state index contributed by atoms with van der Waals surface area (Å²) >= 11 is 5.74. The number of hydrogen-bond donors (Lipinski definition) is 2. The Kier molecular flexibility index (Phi) is 3.12. The third-order valence-electron chi connectivity index (χ3n) is 2.80. The molecule has 2 N–H and O–H groups in total. The summed E-state index contributed by atoms with van der Waals surface area (Å²) in [5, 5.41) is 13.3. The van der Waals surface area contributed by atoms with Gasteiger partial charge in [-0.05, 0) is 36.4 Å². The molecule has 20 heavy (non-hydrogen) atoms. The van der Waals surface area contributed by atoms with Gasteiger partial charge in [-0.15, -0.1) is 0 Å². The Labute approximate surface area is 118 Å². The largest absolute Gasteiger partial charge is 0.508 e. The Hall–Kier alpha value is -2.40. The molecule has 6 heteroatoms. The summed E-state index contributed by atoms with van der Waals surface area (Å²) in [6.07, 6.45) is 1.41. The Morgan fingerprint density at radius 1 is 1.10 bits per heavy atom. The Morgan fingerprint density at radius 2 is 1.95 bits per heavy atom. The third kappa shape index (κ3) is 2.35. The number of nitrogens with one attached hydrogen (secondary N) is 1. The van der Waals surface area contributed by atoms with Crippen LogP contribution < -0.4 is 5.32 Å². The average Bonchev–Trinajstić information content (AvgIpc) is 2.44. The first-order chi connectivity index (χ1) is 9.63. The van der Waals surface area contributed by atoms with Crippen molar-refractivity contribution < 1.29 is 9.50 Å². The van der Waals surface area contributed by atoms with E-state index in [-0.39, 0.29) is 10.8 Å². The molecule has 0 saturated carbocycles. The molecule has 0 unspecified atom stereocenters. The summed E-state index contributed by atoms with van der Waals surface area (Å²) in [6, 6.07) is 9.09. The number of rotatable bonds is 2. The van der Waals surface area contributed by atoms with Gasteiger partial charge in [-0.25, -0.2) is 14.4 Å². The molecule has 3 rings (SSSR count). The van der Waals surface area contributed by atoms with Crippen molar-refractivity contribution in [1.82, 2.24) is 9.97 Å². The number of nitrogens with zero attached hydrogens (tertiary/aromatic N) is 2. The average molecular weight is 290 g/mol. The smallest absolute Gasteiger partial charge is 0.141 e. The fourth-order valence-electron chi connectivity index (χ4n) is 1.85. The molecule has 0 aliphatic heterocycles. The van der Waals surface area contributed by atoms with Crippen LogP contribution in [0.15, 0.2) is 42.7 Å². The highest BCUT2D eigenvalue weighted by Crippen LogP contribution is 2.27. The fourth-order valence-corrected chi connectivity index (χ4v) is 2.04. The highest BCUT2D eigenvalue weighted by molar-refractivity contribution is 6.31. The summed E-state index contributed by atoms with van der Waals surface area (Å²) in [5.74, 6) is 0.142. The maximum absolute atomic E-state index is 13.1. The molecule has 0 atom stereocenters. The molecule has 2 aromatic carbocycles. The van der Waals surface area contributed by atoms with E-state index in [0.717, 1.165) is 0 Å². The van der Waals surface area contributed by atoms with E-state index in [1.807, 2.05) is 0 Å². The van der Waals surface area contributed by atoms with Crippen molar-refractivity contribution in [3.63, 3.8) is 0 Å². The Bertz CT molecular complexity index is 794. The van der Waals surface area contributed by atoms with Crippen LogP contribution >= 0.6 is 11.6 Å². The van der Waals surface area contributed by atoms with E-state index in [1.165, 1.54) is 18.5 Å². The number of fused-ring (bicyclic) bond motifs is 1. The maximum Gasteiger partial charge on any atom is 0.141 e. The highest BCUT2D eigenvalue weighted by Gasteiger charge is 2.06. The minimum absolute atomic E-state index is 0.0243. The van der Waals surface area contributed by atoms with Gasteiger partial charge < -0.3 is 10.4 Å². The van der Waals surface area contributed by atoms with Crippen molar-refractivity contribution in [3.05, 3.63) is 53.6 Å². The van der Waals surface area contributed by atoms with Crippen LogP contribution in [0.5, 0.6) is 5.75 Å². The molecule has 1 aromatic heterocycles. The zero-order valence-electron chi connectivity index (χ0n) is 10.1. The molecule has 0 aliphatic rings. The van der Waals surface area contributed by atoms with Crippen molar-refractivity contribution in [2.75, 3.05) is 5.32 Å². The summed E-state index contributed by atoms with van der Waals surface area (Å²) in [4.78, 5) is 8.23. The van der Waals surface area contributed by atoms with Crippen LogP contribution in [-0.4, -0.2) is 15.1 Å². The standard InChI is InChI=1S/C14H9ClFN3O/c15-11-5-8(1-3-12(11)16)19-14-10-6-9(20)2-4-13(10)17-7-18-14/h1-7,20H,(H,17,18,19). The quantitative estimate of drug-likeness (QED) is 0.752. The van der Waals surface area contributed by atoms with Gasteiger partial charge in [-0.2, -0.15) is 0 Å². The molecule has 0 amide bonds. The second kappa shape index (κ2) is 4.94. The van der Waals surface area contributed by atoms with Gasteiger partial charge in [-0.1, -0.05) is 11.6 Å². The second-order valence-electron chi connectivity index (χ2n) is 4.18. The van der Waals surface area contributed by atoms with E-state index in [2.05, 4.69) is 15.3 Å². The van der Waals surface area contributed by atoms with Crippen molar-refractivity contribution in [3.8, 4) is 5.75 Å². The van der Waals surface area contributed by atoms with Crippen LogP contribution in [0, 0.1) is 5.82 Å². The van der Waals surface area contributed by atoms with Gasteiger partial charge in [0.15, 0.2) is 0 Å². The lowest BCUT2D eigenvalue weighted by Crippen LogP contribution is -1.96. The maximum atomic E-state index is 13.1. The molecular formula is C14H9ClFN3O. The van der Waals surface area contributed by atoms with Crippen LogP contribution in [0.4, 0.5) is 15.9 Å². The van der Waals surface area contributed by atoms with Crippen LogP contribution in [0.3, 0.4) is 0 Å². The van der Waals surface area contributed by atoms with Gasteiger partial charge in [-0.3, -0.25) is 0 Å². The SMILES string of the molecule is Oc1ccc2ncnc(Nc3ccc(F)c(Cl)c3)c2c1. The number of aromatic nitrogens is 2. The van der Waals surface area contributed by atoms with E-state index >= 15 is 0 Å². The molecule has 0 radical (unpaired) electrons. The molecule has 0 aliphatic carbocycles. The van der Waals surface area contributed by atoms with Gasteiger partial charge in [0.05, 0.1) is 10.5 Å². The summed E-state index contributed by atoms with van der Waals surface area (Å²) in [7, 11) is 0. The highest BCUT2D eigenvalue weighted by atomic mass is 35.5. The number of benzene rings is 2. The predicted octanol–water partition coefficient (Wildman–Crippen LogP) is 3.87. The minimum atomic E-state index is -0.484. The van der Waals surface area contributed by atoms with E-state index in [9.17, 15) is 9.50 Å². The zero-order chi connectivity index (χ0) is 14.1. The number of hydrogen-bond acceptors (Lipinski definition) is 4. The molecule has 0 bridgehead atoms. The van der Waals surface area contributed by atoms with Crippen molar-refractivity contribution in [2.45, 2.75) is 0 Å². The summed E-state index contributed by atoms with van der Waals surface area (Å²) in [5.41, 5.74) is 1.29. The van der Waals surface area contributed by atoms with E-state index in [1.54, 1.807) is 24.3 Å². The lowest BCUT2D eigenvalue weighted by atomic mass is 10.2. The third-order valence-corrected chi connectivity index (χ3v) is 3.09. The summed E-state index contributed by atoms with van der Waals surface area (Å²) in [6.45, 7) is 0. The molecule has 1 heterocycles. The van der Waals surface area contributed by atoms with Crippen molar-refractivity contribution in [1.29, 1.82) is 0 Å². The number of phenols is 1. The lowest BCUT2D eigenvalue weighted by molar-refractivity contribution is 0.476. The lowest BCUT2D eigenvalue weighted by Gasteiger charge is -2.09. The molecule has 3 aromatic rings. The number of halogens is 2. The van der Waals surface area contributed by atoms with E-state index in [0.29, 0.717) is 22.4 Å². The van der Waals surface area contributed by atoms with E-state index < -0.39 is 5.82 Å². The normalized spacial score (nSPS) is 10.7. The molecule has 0 saturated heterocycles. The molecule has 100 valence electrons. The van der Waals surface area contributed by atoms with Gasteiger partial charge in [0.1, 0.15) is 23.7 Å². The number of phenolic OH excluding ortho intramolecular Hbond substituents is 1. The molecule has 4 nitrogen and oxygen atoms in total. The molecule has 0 spiro atoms. The van der Waals surface area contributed by atoms with Crippen LogP contribution in [-0.2, 0) is 0 Å². The molecular weight excluding hydrogens is 281 g/mol. The number of anilines is 2. The van der Waals surface area contributed by atoms with Crippen LogP contribution in [0.1, 0.15) is 0 Å². The van der Waals surface area contributed by atoms with Gasteiger partial charge in [0.25, 0.3) is 0 Å². The summed E-state index contributed by atoms with van der Waals surface area (Å²) < 4.78 is 13.1. The van der Waals surface area contributed by atoms with Crippen molar-refractivity contribution in [2.24, 2.45) is 0 Å². The van der Waals surface area contributed by atoms with Crippen molar-refractivity contribution >= 4 is 34.0 Å². The fraction of sp³-hybridized carbons (Fsp3) is 0. The topological polar surface area (TPSA) is 58.0 Å². The van der Waals surface area contributed by atoms with Gasteiger partial charge >= 0.3 is 0 Å². The van der Waals surface area contributed by atoms with Gasteiger partial charge in [0, 0.05) is 11.1 Å². The van der Waals surface area contributed by atoms with Crippen LogP contribution in [0.25, 0.3) is 10.9 Å². The Morgan fingerprint density at radius 3 is 2.75 bits per heavy atom. The van der Waals surface area contributed by atoms with Gasteiger partial charge in [0.2, 0.25) is 0 Å². The first kappa shape index (κ1) is 12.6. The molecule has 0 fully saturated rings. The zero-order valence-corrected chi connectivity index (χ0v) is 10.9. The monoisotopic (exact) mass is 289 g/mol. The van der Waals surface area contributed by atoms with Crippen LogP contribution in [0.2, 0.25) is 5.02 Å². The van der Waals surface area contributed by atoms with E-state index in [4.69, 9.17) is 11.6 Å². The predicted molar refractivity (Wildman–Crippen MR) is 75.9 cm³/mol. The minimum Gasteiger partial charge on any atom is -0.508 e.